The van der Waals surface area contributed by atoms with E-state index in [2.05, 4.69) is 5.32 Å². The molecule has 1 unspecified atom stereocenters. The van der Waals surface area contributed by atoms with Gasteiger partial charge >= 0.3 is 5.97 Å². The van der Waals surface area contributed by atoms with Gasteiger partial charge in [0.15, 0.2) is 5.60 Å². The van der Waals surface area contributed by atoms with Crippen molar-refractivity contribution < 1.29 is 19.4 Å². The largest absolute Gasteiger partial charge is 0.480 e. The van der Waals surface area contributed by atoms with Crippen LogP contribution in [-0.2, 0) is 16.0 Å². The van der Waals surface area contributed by atoms with Gasteiger partial charge in [-0.3, -0.25) is 4.79 Å². The smallest absolute Gasteiger partial charge is 0.326 e. The molecule has 0 aromatic heterocycles. The monoisotopic (exact) mass is 321 g/mol. The Labute approximate surface area is 138 Å². The van der Waals surface area contributed by atoms with Crippen molar-refractivity contribution in [1.29, 1.82) is 0 Å². The first kappa shape index (κ1) is 19.0. The molecule has 0 bridgehead atoms. The quantitative estimate of drug-likeness (QED) is 0.772. The molecular formula is C18H27NO4. The van der Waals surface area contributed by atoms with Crippen LogP contribution in [0.25, 0.3) is 0 Å². The molecule has 0 spiro atoms. The van der Waals surface area contributed by atoms with E-state index >= 15 is 0 Å². The van der Waals surface area contributed by atoms with Crippen LogP contribution in [0.2, 0.25) is 0 Å². The predicted octanol–water partition coefficient (Wildman–Crippen LogP) is 3.02. The predicted molar refractivity (Wildman–Crippen MR) is 89.5 cm³/mol. The molecule has 0 aliphatic carbocycles. The maximum absolute atomic E-state index is 12.4. The molecule has 1 amide bonds. The third-order valence-electron chi connectivity index (χ3n) is 3.54. The van der Waals surface area contributed by atoms with E-state index in [4.69, 9.17) is 4.74 Å². The first-order valence-electron chi connectivity index (χ1n) is 7.97. The van der Waals surface area contributed by atoms with Gasteiger partial charge in [-0.25, -0.2) is 4.79 Å². The lowest BCUT2D eigenvalue weighted by molar-refractivity contribution is -0.145. The van der Waals surface area contributed by atoms with E-state index in [1.165, 1.54) is 0 Å². The number of carboxylic acids is 1. The molecule has 2 N–H and O–H groups in total. The zero-order chi connectivity index (χ0) is 17.6. The third-order valence-corrected chi connectivity index (χ3v) is 3.54. The number of hydrogen-bond acceptors (Lipinski definition) is 3. The van der Waals surface area contributed by atoms with Gasteiger partial charge in [-0.05, 0) is 50.3 Å². The number of aliphatic carboxylic acids is 1. The average Bonchev–Trinajstić information content (AvgIpc) is 2.45. The van der Waals surface area contributed by atoms with Crippen LogP contribution >= 0.6 is 0 Å². The fourth-order valence-electron chi connectivity index (χ4n) is 2.19. The summed E-state index contributed by atoms with van der Waals surface area (Å²) in [5.41, 5.74) is -0.0428. The van der Waals surface area contributed by atoms with Gasteiger partial charge in [0.1, 0.15) is 11.8 Å². The van der Waals surface area contributed by atoms with Crippen molar-refractivity contribution in [3.05, 3.63) is 29.8 Å². The lowest BCUT2D eigenvalue weighted by Crippen LogP contribution is -2.52. The second kappa shape index (κ2) is 7.99. The van der Waals surface area contributed by atoms with E-state index in [9.17, 15) is 14.7 Å². The maximum Gasteiger partial charge on any atom is 0.326 e. The van der Waals surface area contributed by atoms with Crippen molar-refractivity contribution in [3.63, 3.8) is 0 Å². The second-order valence-corrected chi connectivity index (χ2v) is 6.61. The Morgan fingerprint density at radius 3 is 2.48 bits per heavy atom. The summed E-state index contributed by atoms with van der Waals surface area (Å²) in [6, 6.07) is 6.63. The first-order chi connectivity index (χ1) is 10.7. The van der Waals surface area contributed by atoms with E-state index < -0.39 is 23.5 Å². The molecule has 5 nitrogen and oxygen atoms in total. The number of ether oxygens (including phenoxy) is 1. The molecule has 0 aliphatic rings. The molecule has 1 aromatic rings. The van der Waals surface area contributed by atoms with Gasteiger partial charge in [-0.2, -0.15) is 0 Å². The molecule has 23 heavy (non-hydrogen) atoms. The van der Waals surface area contributed by atoms with Crippen LogP contribution in [0.15, 0.2) is 24.3 Å². The van der Waals surface area contributed by atoms with Crippen molar-refractivity contribution >= 4 is 11.9 Å². The van der Waals surface area contributed by atoms with Crippen LogP contribution in [0.4, 0.5) is 0 Å². The maximum atomic E-state index is 12.4. The Morgan fingerprint density at radius 2 is 1.96 bits per heavy atom. The lowest BCUT2D eigenvalue weighted by Gasteiger charge is -2.27. The molecule has 128 valence electrons. The number of carboxylic acid groups (broad SMARTS) is 1. The Hall–Kier alpha value is -2.04. The van der Waals surface area contributed by atoms with E-state index in [0.717, 1.165) is 12.0 Å². The molecule has 1 atom stereocenters. The average molecular weight is 321 g/mol. The summed E-state index contributed by atoms with van der Waals surface area (Å²) < 4.78 is 5.79. The normalized spacial score (nSPS) is 12.8. The first-order valence-corrected chi connectivity index (χ1v) is 7.97. The number of aryl methyl sites for hydroxylation is 1. The third kappa shape index (κ3) is 5.93. The van der Waals surface area contributed by atoms with Gasteiger partial charge in [0.25, 0.3) is 5.91 Å². The highest BCUT2D eigenvalue weighted by Gasteiger charge is 2.33. The van der Waals surface area contributed by atoms with Crippen molar-refractivity contribution in [3.8, 4) is 5.75 Å². The summed E-state index contributed by atoms with van der Waals surface area (Å²) in [7, 11) is 0. The number of nitrogens with one attached hydrogen (secondary N) is 1. The van der Waals surface area contributed by atoms with Crippen molar-refractivity contribution in [2.45, 2.75) is 59.1 Å². The van der Waals surface area contributed by atoms with Crippen LogP contribution < -0.4 is 10.1 Å². The van der Waals surface area contributed by atoms with Crippen LogP contribution in [0.3, 0.4) is 0 Å². The molecule has 0 aliphatic heterocycles. The highest BCUT2D eigenvalue weighted by Crippen LogP contribution is 2.20. The Balaban J connectivity index is 2.80. The van der Waals surface area contributed by atoms with Crippen molar-refractivity contribution in [2.24, 2.45) is 5.92 Å². The number of amides is 1. The molecule has 5 heteroatoms. The highest BCUT2D eigenvalue weighted by molar-refractivity contribution is 5.89. The zero-order valence-corrected chi connectivity index (χ0v) is 14.6. The summed E-state index contributed by atoms with van der Waals surface area (Å²) in [5.74, 6) is -0.704. The Morgan fingerprint density at radius 1 is 1.30 bits per heavy atom. The summed E-state index contributed by atoms with van der Waals surface area (Å²) in [5, 5.41) is 11.8. The van der Waals surface area contributed by atoms with E-state index in [0.29, 0.717) is 12.2 Å². The lowest BCUT2D eigenvalue weighted by atomic mass is 10.0. The molecule has 0 saturated carbocycles. The van der Waals surface area contributed by atoms with Crippen molar-refractivity contribution in [2.75, 3.05) is 0 Å². The van der Waals surface area contributed by atoms with Gasteiger partial charge < -0.3 is 15.2 Å². The number of carbonyl (C=O) groups is 2. The minimum Gasteiger partial charge on any atom is -0.480 e. The van der Waals surface area contributed by atoms with Crippen LogP contribution in [0.5, 0.6) is 5.75 Å². The van der Waals surface area contributed by atoms with Gasteiger partial charge in [-0.1, -0.05) is 32.9 Å². The molecule has 1 rings (SSSR count). The number of hydrogen-bond donors (Lipinski definition) is 2. The fraction of sp³-hybridized carbons (Fsp3) is 0.556. The van der Waals surface area contributed by atoms with Gasteiger partial charge in [0.2, 0.25) is 0 Å². The zero-order valence-electron chi connectivity index (χ0n) is 14.6. The topological polar surface area (TPSA) is 75.6 Å². The van der Waals surface area contributed by atoms with Gasteiger partial charge in [0, 0.05) is 0 Å². The summed E-state index contributed by atoms with van der Waals surface area (Å²) in [6.07, 6.45) is 1.25. The van der Waals surface area contributed by atoms with Crippen LogP contribution in [0, 0.1) is 5.92 Å². The summed E-state index contributed by atoms with van der Waals surface area (Å²) >= 11 is 0. The van der Waals surface area contributed by atoms with Crippen molar-refractivity contribution in [1.82, 2.24) is 5.32 Å². The van der Waals surface area contributed by atoms with Gasteiger partial charge in [0.05, 0.1) is 0 Å². The minimum atomic E-state index is -1.16. The summed E-state index contributed by atoms with van der Waals surface area (Å²) in [4.78, 5) is 23.7. The molecule has 0 fully saturated rings. The second-order valence-electron chi connectivity index (χ2n) is 6.61. The number of rotatable bonds is 8. The standard InChI is InChI=1S/C18H27NO4/c1-6-13-8-7-9-14(11-13)23-18(4,5)17(22)19-15(16(20)21)10-12(2)3/h7-9,11-12,15H,6,10H2,1-5H3,(H,19,22)(H,20,21). The molecule has 1 aromatic carbocycles. The molecule has 0 radical (unpaired) electrons. The number of benzene rings is 1. The Kier molecular flexibility index (Phi) is 6.61. The van der Waals surface area contributed by atoms with E-state index in [-0.39, 0.29) is 5.92 Å². The Bertz CT molecular complexity index is 552. The molecule has 0 saturated heterocycles. The van der Waals surface area contributed by atoms with E-state index in [1.54, 1.807) is 19.9 Å². The van der Waals surface area contributed by atoms with Crippen LogP contribution in [-0.4, -0.2) is 28.6 Å². The minimum absolute atomic E-state index is 0.168. The fourth-order valence-corrected chi connectivity index (χ4v) is 2.19. The SMILES string of the molecule is CCc1cccc(OC(C)(C)C(=O)NC(CC(C)C)C(=O)O)c1. The summed E-state index contributed by atoms with van der Waals surface area (Å²) in [6.45, 7) is 9.14. The van der Waals surface area contributed by atoms with Gasteiger partial charge in [-0.15, -0.1) is 0 Å². The molecule has 0 heterocycles. The van der Waals surface area contributed by atoms with E-state index in [1.807, 2.05) is 39.0 Å². The van der Waals surface area contributed by atoms with Crippen LogP contribution in [0.1, 0.15) is 46.6 Å². The highest BCUT2D eigenvalue weighted by atomic mass is 16.5. The number of carbonyl (C=O) groups excluding carboxylic acids is 1. The molecular weight excluding hydrogens is 294 g/mol.